The predicted molar refractivity (Wildman–Crippen MR) is 50.7 cm³/mol. The zero-order chi connectivity index (χ0) is 9.14. The van der Waals surface area contributed by atoms with E-state index in [1.807, 2.05) is 0 Å². The Hall–Kier alpha value is -0.320. The van der Waals surface area contributed by atoms with E-state index in [1.54, 1.807) is 18.2 Å². The largest absolute Gasteiger partial charge is 0.311 e. The van der Waals surface area contributed by atoms with Crippen molar-refractivity contribution in [1.29, 1.82) is 0 Å². The van der Waals surface area contributed by atoms with Crippen LogP contribution in [0.25, 0.3) is 0 Å². The van der Waals surface area contributed by atoms with Crippen molar-refractivity contribution in [2.75, 3.05) is 0 Å². The van der Waals surface area contributed by atoms with Crippen molar-refractivity contribution in [3.63, 3.8) is 0 Å². The van der Waals surface area contributed by atoms with Crippen molar-refractivity contribution in [3.8, 4) is 0 Å². The molecule has 0 aromatic heterocycles. The van der Waals surface area contributed by atoms with Crippen LogP contribution in [0.15, 0.2) is 18.2 Å². The number of halogens is 2. The SMILES string of the molecule is NNC(N)c1ccc(Cl)c(Cl)c1. The van der Waals surface area contributed by atoms with Gasteiger partial charge in [-0.15, -0.1) is 0 Å². The number of hydrogen-bond donors (Lipinski definition) is 3. The summed E-state index contributed by atoms with van der Waals surface area (Å²) in [5, 5.41) is 0.976. The summed E-state index contributed by atoms with van der Waals surface area (Å²) in [5.74, 6) is 5.14. The number of hydrazine groups is 1. The maximum Gasteiger partial charge on any atom is 0.0936 e. The van der Waals surface area contributed by atoms with Gasteiger partial charge in [-0.25, -0.2) is 5.43 Å². The molecule has 0 aliphatic heterocycles. The molecule has 0 saturated heterocycles. The molecule has 0 fully saturated rings. The number of benzene rings is 1. The zero-order valence-electron chi connectivity index (χ0n) is 6.22. The Morgan fingerprint density at radius 1 is 1.25 bits per heavy atom. The van der Waals surface area contributed by atoms with E-state index in [0.29, 0.717) is 10.0 Å². The minimum atomic E-state index is -0.417. The lowest BCUT2D eigenvalue weighted by atomic mass is 10.2. The van der Waals surface area contributed by atoms with Gasteiger partial charge in [-0.1, -0.05) is 29.3 Å². The fourth-order valence-electron chi connectivity index (χ4n) is 0.802. The summed E-state index contributed by atoms with van der Waals surface area (Å²) in [5.41, 5.74) is 8.78. The van der Waals surface area contributed by atoms with Gasteiger partial charge in [0.1, 0.15) is 0 Å². The Morgan fingerprint density at radius 2 is 1.92 bits per heavy atom. The molecule has 0 aliphatic carbocycles. The van der Waals surface area contributed by atoms with Crippen molar-refractivity contribution in [1.82, 2.24) is 5.43 Å². The van der Waals surface area contributed by atoms with Gasteiger partial charge in [0.15, 0.2) is 0 Å². The number of nitrogens with two attached hydrogens (primary N) is 2. The van der Waals surface area contributed by atoms with E-state index >= 15 is 0 Å². The molecular formula is C7H9Cl2N3. The minimum absolute atomic E-state index is 0.417. The van der Waals surface area contributed by atoms with Crippen LogP contribution in [0.2, 0.25) is 10.0 Å². The van der Waals surface area contributed by atoms with Gasteiger partial charge in [-0.3, -0.25) is 5.84 Å². The van der Waals surface area contributed by atoms with Crippen LogP contribution < -0.4 is 17.0 Å². The minimum Gasteiger partial charge on any atom is -0.311 e. The Labute approximate surface area is 80.6 Å². The molecule has 12 heavy (non-hydrogen) atoms. The standard InChI is InChI=1S/C7H9Cl2N3/c8-5-2-1-4(3-6(5)9)7(10)12-11/h1-3,7,12H,10-11H2. The van der Waals surface area contributed by atoms with Crippen molar-refractivity contribution < 1.29 is 0 Å². The summed E-state index contributed by atoms with van der Waals surface area (Å²) < 4.78 is 0. The number of nitrogens with one attached hydrogen (secondary N) is 1. The summed E-state index contributed by atoms with van der Waals surface area (Å²) in [6.07, 6.45) is -0.417. The smallest absolute Gasteiger partial charge is 0.0936 e. The van der Waals surface area contributed by atoms with Gasteiger partial charge in [0.25, 0.3) is 0 Å². The molecule has 0 heterocycles. The van der Waals surface area contributed by atoms with E-state index in [9.17, 15) is 0 Å². The molecule has 1 unspecified atom stereocenters. The molecule has 1 atom stereocenters. The quantitative estimate of drug-likeness (QED) is 0.389. The highest BCUT2D eigenvalue weighted by molar-refractivity contribution is 6.42. The highest BCUT2D eigenvalue weighted by atomic mass is 35.5. The van der Waals surface area contributed by atoms with Crippen LogP contribution in [0.4, 0.5) is 0 Å². The maximum atomic E-state index is 5.76. The van der Waals surface area contributed by atoms with Gasteiger partial charge < -0.3 is 5.73 Å². The van der Waals surface area contributed by atoms with Crippen LogP contribution in [0.1, 0.15) is 11.7 Å². The van der Waals surface area contributed by atoms with Gasteiger partial charge >= 0.3 is 0 Å². The Balaban J connectivity index is 2.96. The summed E-state index contributed by atoms with van der Waals surface area (Å²) in [6.45, 7) is 0. The van der Waals surface area contributed by atoms with Gasteiger partial charge in [0.05, 0.1) is 16.2 Å². The molecule has 0 spiro atoms. The number of hydrogen-bond acceptors (Lipinski definition) is 3. The van der Waals surface area contributed by atoms with E-state index in [-0.39, 0.29) is 0 Å². The fourth-order valence-corrected chi connectivity index (χ4v) is 1.11. The molecule has 1 aromatic rings. The molecule has 0 bridgehead atoms. The summed E-state index contributed by atoms with van der Waals surface area (Å²) in [4.78, 5) is 0. The van der Waals surface area contributed by atoms with Crippen molar-refractivity contribution in [3.05, 3.63) is 33.8 Å². The van der Waals surface area contributed by atoms with E-state index in [1.165, 1.54) is 0 Å². The third kappa shape index (κ3) is 2.09. The van der Waals surface area contributed by atoms with Crippen LogP contribution in [-0.2, 0) is 0 Å². The Morgan fingerprint density at radius 3 is 2.42 bits per heavy atom. The molecule has 5 heteroatoms. The number of rotatable bonds is 2. The van der Waals surface area contributed by atoms with Crippen LogP contribution in [0, 0.1) is 0 Å². The topological polar surface area (TPSA) is 64.1 Å². The second-order valence-corrected chi connectivity index (χ2v) is 3.13. The Kier molecular flexibility index (Phi) is 3.31. The van der Waals surface area contributed by atoms with Crippen molar-refractivity contribution in [2.24, 2.45) is 11.6 Å². The third-order valence-corrected chi connectivity index (χ3v) is 2.22. The first kappa shape index (κ1) is 9.77. The lowest BCUT2D eigenvalue weighted by molar-refractivity contribution is 0.577. The average molecular weight is 206 g/mol. The molecule has 1 aromatic carbocycles. The molecule has 3 nitrogen and oxygen atoms in total. The first-order chi connectivity index (χ1) is 5.65. The molecule has 66 valence electrons. The van der Waals surface area contributed by atoms with Crippen molar-refractivity contribution >= 4 is 23.2 Å². The van der Waals surface area contributed by atoms with Crippen LogP contribution in [0.5, 0.6) is 0 Å². The summed E-state index contributed by atoms with van der Waals surface area (Å²) in [7, 11) is 0. The van der Waals surface area contributed by atoms with Gasteiger partial charge in [0.2, 0.25) is 0 Å². The third-order valence-electron chi connectivity index (χ3n) is 1.48. The molecule has 0 radical (unpaired) electrons. The second-order valence-electron chi connectivity index (χ2n) is 2.32. The van der Waals surface area contributed by atoms with E-state index in [0.717, 1.165) is 5.56 Å². The maximum absolute atomic E-state index is 5.76. The lowest BCUT2D eigenvalue weighted by Crippen LogP contribution is -2.34. The fraction of sp³-hybridized carbons (Fsp3) is 0.143. The Bertz CT molecular complexity index is 277. The van der Waals surface area contributed by atoms with E-state index in [2.05, 4.69) is 5.43 Å². The van der Waals surface area contributed by atoms with Crippen molar-refractivity contribution in [2.45, 2.75) is 6.17 Å². The van der Waals surface area contributed by atoms with Gasteiger partial charge in [0, 0.05) is 0 Å². The summed E-state index contributed by atoms with van der Waals surface area (Å²) >= 11 is 11.5. The van der Waals surface area contributed by atoms with E-state index in [4.69, 9.17) is 34.8 Å². The van der Waals surface area contributed by atoms with E-state index < -0.39 is 6.17 Å². The molecular weight excluding hydrogens is 197 g/mol. The molecule has 1 rings (SSSR count). The lowest BCUT2D eigenvalue weighted by Gasteiger charge is -2.10. The second kappa shape index (κ2) is 4.07. The predicted octanol–water partition coefficient (Wildman–Crippen LogP) is 1.41. The van der Waals surface area contributed by atoms with Crippen LogP contribution >= 0.6 is 23.2 Å². The molecule has 0 saturated carbocycles. The molecule has 5 N–H and O–H groups in total. The highest BCUT2D eigenvalue weighted by Crippen LogP contribution is 2.23. The summed E-state index contributed by atoms with van der Waals surface area (Å²) in [6, 6.07) is 5.11. The average Bonchev–Trinajstić information content (AvgIpc) is 2.08. The van der Waals surface area contributed by atoms with Crippen LogP contribution in [0.3, 0.4) is 0 Å². The first-order valence-electron chi connectivity index (χ1n) is 3.32. The zero-order valence-corrected chi connectivity index (χ0v) is 7.73. The molecule has 0 aliphatic rings. The van der Waals surface area contributed by atoms with Crippen LogP contribution in [-0.4, -0.2) is 0 Å². The highest BCUT2D eigenvalue weighted by Gasteiger charge is 2.04. The monoisotopic (exact) mass is 205 g/mol. The first-order valence-corrected chi connectivity index (χ1v) is 4.07. The van der Waals surface area contributed by atoms with Gasteiger partial charge in [-0.2, -0.15) is 0 Å². The molecule has 0 amide bonds. The van der Waals surface area contributed by atoms with Gasteiger partial charge in [-0.05, 0) is 17.7 Å². The normalized spacial score (nSPS) is 13.0.